The summed E-state index contributed by atoms with van der Waals surface area (Å²) in [4.78, 5) is 0. The van der Waals surface area contributed by atoms with E-state index >= 15 is 0 Å². The minimum absolute atomic E-state index is 0.424. The fourth-order valence-corrected chi connectivity index (χ4v) is 7.93. The van der Waals surface area contributed by atoms with Gasteiger partial charge in [0.15, 0.2) is 0 Å². The normalized spacial score (nSPS) is 12.4. The third-order valence-corrected chi connectivity index (χ3v) is 6.53. The number of nitrogens with one attached hydrogen (secondary N) is 1. The maximum atomic E-state index is 3.32. The van der Waals surface area contributed by atoms with Crippen molar-refractivity contribution in [1.29, 1.82) is 0 Å². The third-order valence-electron chi connectivity index (χ3n) is 2.28. The summed E-state index contributed by atoms with van der Waals surface area (Å²) in [6, 6.07) is 0. The number of alkyl halides is 1. The van der Waals surface area contributed by atoms with Crippen molar-refractivity contribution < 1.29 is 40.1 Å². The molecule has 0 aromatic heterocycles. The fourth-order valence-electron chi connectivity index (χ4n) is 0.996. The molecule has 0 aliphatic carbocycles. The Balaban J connectivity index is 3.96. The Morgan fingerprint density at radius 2 is 2.00 bits per heavy atom. The molecule has 0 heterocycles. The topological polar surface area (TPSA) is 12.0 Å². The van der Waals surface area contributed by atoms with Crippen LogP contribution in [-0.2, 0) is 0 Å². The van der Waals surface area contributed by atoms with Gasteiger partial charge in [-0.1, -0.05) is 0 Å². The first-order valence-corrected chi connectivity index (χ1v) is 12.8. The molecular weight excluding hydrogens is 479 g/mol. The molecule has 1 nitrogen and oxygen atoms in total. The van der Waals surface area contributed by atoms with E-state index in [2.05, 4.69) is 36.0 Å². The van der Waals surface area contributed by atoms with Crippen molar-refractivity contribution in [3.63, 3.8) is 0 Å². The monoisotopic (exact) mass is 495 g/mol. The van der Waals surface area contributed by atoms with Gasteiger partial charge in [-0.2, -0.15) is 0 Å². The average molecular weight is 495 g/mol. The molecule has 1 N–H and O–H groups in total. The molecule has 0 spiro atoms. The predicted octanol–water partition coefficient (Wildman–Crippen LogP) is -3.98. The molecule has 0 bridgehead atoms. The maximum absolute atomic E-state index is 3.32. The van der Waals surface area contributed by atoms with E-state index < -0.39 is 0 Å². The second-order valence-corrected chi connectivity index (χ2v) is 8.79. The molecule has 0 amide bonds. The van der Waals surface area contributed by atoms with Crippen LogP contribution in [0.3, 0.4) is 0 Å². The molecule has 11 heavy (non-hydrogen) atoms. The molecule has 0 aromatic rings. The predicted molar refractivity (Wildman–Crippen MR) is 51.3 cm³/mol. The van der Waals surface area contributed by atoms with E-state index in [1.807, 2.05) is 22.9 Å². The molecule has 0 aliphatic rings. The molecule has 0 saturated heterocycles. The van der Waals surface area contributed by atoms with Gasteiger partial charge in [-0.15, -0.1) is 0 Å². The van der Waals surface area contributed by atoms with Crippen LogP contribution in [-0.4, -0.2) is 11.0 Å². The third kappa shape index (κ3) is 4.80. The van der Waals surface area contributed by atoms with Gasteiger partial charge in [0, 0.05) is 0 Å². The van der Waals surface area contributed by atoms with Crippen molar-refractivity contribution in [2.24, 2.45) is 5.41 Å². The molecule has 0 aromatic carbocycles. The van der Waals surface area contributed by atoms with Crippen LogP contribution in [0.15, 0.2) is 0 Å². The van der Waals surface area contributed by atoms with E-state index in [1.165, 1.54) is 23.8 Å². The van der Waals surface area contributed by atoms with Crippen molar-refractivity contribution in [3.05, 3.63) is 0 Å². The standard InChI is InChI=1S/C7H16I3N/c1-3-7(4-2,5-10-8)6-11-9/h9,11H,3-6H2,1-2H3. The zero-order valence-corrected chi connectivity index (χ0v) is 13.6. The van der Waals surface area contributed by atoms with Crippen LogP contribution in [0.2, 0.25) is 0 Å². The number of halogens is 3. The Bertz CT molecular complexity index is 85.7. The summed E-state index contributed by atoms with van der Waals surface area (Å²) in [6.07, 6.45) is 2.66. The molecular formula is C7H16I3N. The van der Waals surface area contributed by atoms with Crippen molar-refractivity contribution in [2.45, 2.75) is 26.7 Å². The Morgan fingerprint density at radius 3 is 2.27 bits per heavy atom. The van der Waals surface area contributed by atoms with Crippen LogP contribution < -0.4 is 43.6 Å². The fraction of sp³-hybridized carbons (Fsp3) is 1.00. The summed E-state index contributed by atoms with van der Waals surface area (Å²) < 4.78 is 4.78. The Hall–Kier alpha value is 2.15. The summed E-state index contributed by atoms with van der Waals surface area (Å²) in [5, 5.41) is 0. The van der Waals surface area contributed by atoms with Crippen LogP contribution >= 0.6 is 18.6 Å². The van der Waals surface area contributed by atoms with Crippen LogP contribution in [0, 0.1) is 5.41 Å². The van der Waals surface area contributed by atoms with Gasteiger partial charge in [-0.3, -0.25) is 0 Å². The van der Waals surface area contributed by atoms with Gasteiger partial charge >= 0.3 is 105 Å². The van der Waals surface area contributed by atoms with Crippen LogP contribution in [0.25, 0.3) is 0 Å². The van der Waals surface area contributed by atoms with E-state index in [1.54, 1.807) is 0 Å². The Morgan fingerprint density at radius 1 is 1.45 bits per heavy atom. The summed E-state index contributed by atoms with van der Waals surface area (Å²) in [5.41, 5.74) is 0.617. The summed E-state index contributed by atoms with van der Waals surface area (Å²) in [5.74, 6) is 0. The first-order valence-electron chi connectivity index (χ1n) is 3.80. The Kier molecular flexibility index (Phi) is 9.02. The summed E-state index contributed by atoms with van der Waals surface area (Å²) in [7, 11) is 0. The molecule has 0 aliphatic heterocycles. The average Bonchev–Trinajstić information content (AvgIpc) is 2.04. The van der Waals surface area contributed by atoms with E-state index in [0.717, 1.165) is 0 Å². The van der Waals surface area contributed by atoms with Crippen molar-refractivity contribution in [3.8, 4) is 0 Å². The molecule has 0 radical (unpaired) electrons. The first kappa shape index (κ1) is 13.2. The van der Waals surface area contributed by atoms with Gasteiger partial charge in [0.05, 0.1) is 0 Å². The van der Waals surface area contributed by atoms with Crippen LogP contribution in [0.1, 0.15) is 26.7 Å². The number of hydrogen-bond donors (Lipinski definition) is 1. The van der Waals surface area contributed by atoms with Gasteiger partial charge in [0.1, 0.15) is 0 Å². The molecule has 0 atom stereocenters. The molecule has 4 heteroatoms. The summed E-state index contributed by atoms with van der Waals surface area (Å²) in [6.45, 7) is 5.84. The van der Waals surface area contributed by atoms with Crippen LogP contribution in [0.4, 0.5) is 0 Å². The van der Waals surface area contributed by atoms with Gasteiger partial charge in [0.25, 0.3) is 0 Å². The zero-order valence-electron chi connectivity index (χ0n) is 6.99. The molecule has 0 saturated carbocycles. The zero-order chi connectivity index (χ0) is 8.74. The molecule has 0 fully saturated rings. The second-order valence-electron chi connectivity index (χ2n) is 2.76. The van der Waals surface area contributed by atoms with Gasteiger partial charge in [0.2, 0.25) is 0 Å². The van der Waals surface area contributed by atoms with Crippen molar-refractivity contribution in [1.82, 2.24) is 3.53 Å². The first-order chi connectivity index (χ1) is 5.24. The summed E-state index contributed by atoms with van der Waals surface area (Å²) >= 11 is 5.00. The van der Waals surface area contributed by atoms with Crippen molar-refractivity contribution >= 4 is 18.6 Å². The quantitative estimate of drug-likeness (QED) is 0.226. The molecule has 0 rings (SSSR count). The van der Waals surface area contributed by atoms with E-state index in [-0.39, 0.29) is 0 Å². The molecule has 0 unspecified atom stereocenters. The second kappa shape index (κ2) is 7.54. The van der Waals surface area contributed by atoms with Crippen LogP contribution in [0.5, 0.6) is 0 Å². The molecule has 70 valence electrons. The van der Waals surface area contributed by atoms with E-state index in [0.29, 0.717) is 22.6 Å². The van der Waals surface area contributed by atoms with E-state index in [9.17, 15) is 0 Å². The van der Waals surface area contributed by atoms with Gasteiger partial charge < -0.3 is 0 Å². The minimum atomic E-state index is 0.424. The number of rotatable bonds is 6. The van der Waals surface area contributed by atoms with Gasteiger partial charge in [-0.05, 0) is 0 Å². The van der Waals surface area contributed by atoms with E-state index in [4.69, 9.17) is 0 Å². The van der Waals surface area contributed by atoms with Crippen molar-refractivity contribution in [2.75, 3.05) is 11.0 Å². The van der Waals surface area contributed by atoms with Gasteiger partial charge in [-0.25, -0.2) is 0 Å². The Labute approximate surface area is 104 Å². The number of hydrogen-bond acceptors (Lipinski definition) is 1. The SMILES string of the molecule is CCC(CC)(CN[IH+])C[I-]I.